The average Bonchev–Trinajstić information content (AvgIpc) is 2.59. The molecule has 0 aliphatic rings. The molecule has 1 unspecified atom stereocenters. The van der Waals surface area contributed by atoms with E-state index in [1.54, 1.807) is 0 Å². The van der Waals surface area contributed by atoms with Gasteiger partial charge in [0.05, 0.1) is 10.5 Å². The van der Waals surface area contributed by atoms with E-state index < -0.39 is 0 Å². The molecule has 0 aliphatic carbocycles. The lowest BCUT2D eigenvalue weighted by molar-refractivity contribution is 0.408. The quantitative estimate of drug-likeness (QED) is 0.610. The Morgan fingerprint density at radius 2 is 2.31 bits per heavy atom. The van der Waals surface area contributed by atoms with Crippen LogP contribution in [0.5, 0.6) is 0 Å². The Labute approximate surface area is 113 Å². The first-order valence-corrected chi connectivity index (χ1v) is 6.77. The van der Waals surface area contributed by atoms with E-state index >= 15 is 0 Å². The van der Waals surface area contributed by atoms with Crippen LogP contribution in [0, 0.1) is 0 Å². The maximum atomic E-state index is 5.71. The molecule has 0 aliphatic heterocycles. The van der Waals surface area contributed by atoms with Crippen LogP contribution in [0.4, 0.5) is 0 Å². The number of rotatable bonds is 6. The lowest BCUT2D eigenvalue weighted by Gasteiger charge is -2.13. The van der Waals surface area contributed by atoms with Crippen molar-refractivity contribution in [3.8, 4) is 0 Å². The predicted molar refractivity (Wildman–Crippen MR) is 73.3 cm³/mol. The molecule has 0 fully saturated rings. The Bertz CT molecular complexity index is 330. The number of halogens is 2. The van der Waals surface area contributed by atoms with Crippen molar-refractivity contribution in [2.45, 2.75) is 19.4 Å². The molecule has 1 atom stereocenters. The molecule has 1 aromatic rings. The van der Waals surface area contributed by atoms with Crippen LogP contribution in [-0.2, 0) is 0 Å². The molecule has 0 radical (unpaired) electrons. The molecule has 5 heteroatoms. The fourth-order valence-corrected chi connectivity index (χ4v) is 1.95. The molecule has 3 nitrogen and oxygen atoms in total. The molecule has 16 heavy (non-hydrogen) atoms. The molecule has 1 rings (SSSR count). The van der Waals surface area contributed by atoms with E-state index in [1.165, 1.54) is 0 Å². The second kappa shape index (κ2) is 7.27. The van der Waals surface area contributed by atoms with E-state index in [-0.39, 0.29) is 6.04 Å². The number of allylic oxidation sites excluding steroid dienone is 1. The Kier molecular flexibility index (Phi) is 6.34. The molecule has 0 bridgehead atoms. The molecule has 1 heterocycles. The van der Waals surface area contributed by atoms with Crippen molar-refractivity contribution in [3.63, 3.8) is 0 Å². The normalized spacial score (nSPS) is 13.5. The monoisotopic (exact) mass is 350 g/mol. The van der Waals surface area contributed by atoms with Gasteiger partial charge in [0.25, 0.3) is 0 Å². The highest BCUT2D eigenvalue weighted by atomic mass is 79.9. The van der Waals surface area contributed by atoms with Crippen molar-refractivity contribution in [1.82, 2.24) is 5.32 Å². The highest BCUT2D eigenvalue weighted by Gasteiger charge is 2.15. The third-order valence-corrected chi connectivity index (χ3v) is 3.89. The minimum absolute atomic E-state index is 0.0628. The van der Waals surface area contributed by atoms with Crippen LogP contribution in [-0.4, -0.2) is 13.1 Å². The summed E-state index contributed by atoms with van der Waals surface area (Å²) in [5.41, 5.74) is 5.71. The molecule has 90 valence electrons. The van der Waals surface area contributed by atoms with Gasteiger partial charge in [0.15, 0.2) is 4.67 Å². The number of furan rings is 1. The lowest BCUT2D eigenvalue weighted by atomic mass is 10.2. The molecule has 0 amide bonds. The minimum atomic E-state index is 0.0628. The first-order chi connectivity index (χ1) is 7.69. The van der Waals surface area contributed by atoms with Gasteiger partial charge in [-0.1, -0.05) is 12.2 Å². The Morgan fingerprint density at radius 3 is 2.81 bits per heavy atom. The second-order valence-electron chi connectivity index (χ2n) is 3.37. The number of hydrogen-bond acceptors (Lipinski definition) is 3. The van der Waals surface area contributed by atoms with Crippen molar-refractivity contribution < 1.29 is 4.42 Å². The summed E-state index contributed by atoms with van der Waals surface area (Å²) in [6.45, 7) is 3.42. The highest BCUT2D eigenvalue weighted by molar-refractivity contribution is 9.13. The molecule has 0 spiro atoms. The van der Waals surface area contributed by atoms with Crippen LogP contribution in [0.15, 0.2) is 31.8 Å². The number of nitrogens with one attached hydrogen (secondary N) is 1. The summed E-state index contributed by atoms with van der Waals surface area (Å²) in [7, 11) is 0. The zero-order valence-electron chi connectivity index (χ0n) is 9.17. The predicted octanol–water partition coefficient (Wildman–Crippen LogP) is 3.36. The standard InChI is InChI=1S/C11H16Br2N2O/c1-2-3-4-5-15-9(7-14)10-6-8(12)11(13)16-10/h2-3,6,9,15H,4-5,7,14H2,1H3/b3-2+. The first kappa shape index (κ1) is 14.0. The van der Waals surface area contributed by atoms with E-state index in [4.69, 9.17) is 10.2 Å². The topological polar surface area (TPSA) is 51.2 Å². The third kappa shape index (κ3) is 4.05. The molecule has 0 saturated carbocycles. The third-order valence-electron chi connectivity index (χ3n) is 2.18. The highest BCUT2D eigenvalue weighted by Crippen LogP contribution is 2.29. The van der Waals surface area contributed by atoms with Crippen LogP contribution in [0.25, 0.3) is 0 Å². The van der Waals surface area contributed by atoms with Crippen LogP contribution >= 0.6 is 31.9 Å². The van der Waals surface area contributed by atoms with Crippen LogP contribution < -0.4 is 11.1 Å². The summed E-state index contributed by atoms with van der Waals surface area (Å²) < 4.78 is 7.15. The first-order valence-electron chi connectivity index (χ1n) is 5.18. The Balaban J connectivity index is 2.53. The molecule has 1 aromatic heterocycles. The fraction of sp³-hybridized carbons (Fsp3) is 0.455. The van der Waals surface area contributed by atoms with Gasteiger partial charge in [-0.15, -0.1) is 0 Å². The molecule has 0 aromatic carbocycles. The van der Waals surface area contributed by atoms with Gasteiger partial charge in [0.1, 0.15) is 5.76 Å². The lowest BCUT2D eigenvalue weighted by Crippen LogP contribution is -2.28. The Hall–Kier alpha value is -0.100. The molecule has 0 saturated heterocycles. The summed E-state index contributed by atoms with van der Waals surface area (Å²) in [6, 6.07) is 2.00. The van der Waals surface area contributed by atoms with Crippen molar-refractivity contribution >= 4 is 31.9 Å². The SMILES string of the molecule is C/C=C/CCNC(CN)c1cc(Br)c(Br)o1. The van der Waals surface area contributed by atoms with Gasteiger partial charge in [-0.2, -0.15) is 0 Å². The second-order valence-corrected chi connectivity index (χ2v) is 4.95. The van der Waals surface area contributed by atoms with Gasteiger partial charge < -0.3 is 15.5 Å². The van der Waals surface area contributed by atoms with E-state index in [0.717, 1.165) is 23.2 Å². The Morgan fingerprint density at radius 1 is 1.56 bits per heavy atom. The number of hydrogen-bond donors (Lipinski definition) is 2. The maximum Gasteiger partial charge on any atom is 0.183 e. The minimum Gasteiger partial charge on any atom is -0.451 e. The molecular formula is C11H16Br2N2O. The van der Waals surface area contributed by atoms with Crippen LogP contribution in [0.2, 0.25) is 0 Å². The van der Waals surface area contributed by atoms with Gasteiger partial charge in [-0.25, -0.2) is 0 Å². The summed E-state index contributed by atoms with van der Waals surface area (Å²) >= 11 is 6.70. The van der Waals surface area contributed by atoms with Crippen LogP contribution in [0.3, 0.4) is 0 Å². The van der Waals surface area contributed by atoms with Gasteiger partial charge in [-0.05, 0) is 57.8 Å². The summed E-state index contributed by atoms with van der Waals surface area (Å²) in [5, 5.41) is 3.35. The van der Waals surface area contributed by atoms with Crippen molar-refractivity contribution in [3.05, 3.63) is 33.1 Å². The van der Waals surface area contributed by atoms with Gasteiger partial charge >= 0.3 is 0 Å². The van der Waals surface area contributed by atoms with Gasteiger partial charge in [0, 0.05) is 6.54 Å². The number of nitrogens with two attached hydrogens (primary N) is 1. The maximum absolute atomic E-state index is 5.71. The van der Waals surface area contributed by atoms with Crippen molar-refractivity contribution in [2.24, 2.45) is 5.73 Å². The summed E-state index contributed by atoms with van der Waals surface area (Å²) in [5.74, 6) is 0.849. The van der Waals surface area contributed by atoms with E-state index in [2.05, 4.69) is 43.3 Å². The zero-order chi connectivity index (χ0) is 12.0. The fourth-order valence-electron chi connectivity index (χ4n) is 1.34. The van der Waals surface area contributed by atoms with Crippen LogP contribution in [0.1, 0.15) is 25.1 Å². The molecular weight excluding hydrogens is 336 g/mol. The average molecular weight is 352 g/mol. The van der Waals surface area contributed by atoms with E-state index in [9.17, 15) is 0 Å². The van der Waals surface area contributed by atoms with E-state index in [1.807, 2.05) is 19.1 Å². The van der Waals surface area contributed by atoms with Gasteiger partial charge in [0.2, 0.25) is 0 Å². The summed E-state index contributed by atoms with van der Waals surface area (Å²) in [4.78, 5) is 0. The zero-order valence-corrected chi connectivity index (χ0v) is 12.3. The largest absolute Gasteiger partial charge is 0.451 e. The van der Waals surface area contributed by atoms with Gasteiger partial charge in [-0.3, -0.25) is 0 Å². The van der Waals surface area contributed by atoms with E-state index in [0.29, 0.717) is 11.2 Å². The smallest absolute Gasteiger partial charge is 0.183 e. The van der Waals surface area contributed by atoms with Crippen molar-refractivity contribution in [2.75, 3.05) is 13.1 Å². The van der Waals surface area contributed by atoms with Crippen molar-refractivity contribution in [1.29, 1.82) is 0 Å². The molecule has 3 N–H and O–H groups in total. The summed E-state index contributed by atoms with van der Waals surface area (Å²) in [6.07, 6.45) is 5.16.